The van der Waals surface area contributed by atoms with E-state index in [-0.39, 0.29) is 6.04 Å². The molecule has 0 aliphatic heterocycles. The maximum absolute atomic E-state index is 4.62. The number of hydrogen-bond acceptors (Lipinski definition) is 4. The predicted molar refractivity (Wildman–Crippen MR) is 75.9 cm³/mol. The quantitative estimate of drug-likeness (QED) is 0.897. The van der Waals surface area contributed by atoms with E-state index >= 15 is 0 Å². The summed E-state index contributed by atoms with van der Waals surface area (Å²) in [5.74, 6) is 0.384. The molecular weight excluding hydrogens is 242 g/mol. The molecule has 0 bridgehead atoms. The van der Waals surface area contributed by atoms with Gasteiger partial charge in [0.2, 0.25) is 0 Å². The molecular formula is C14H19N3S. The molecule has 2 unspecified atom stereocenters. The zero-order valence-corrected chi connectivity index (χ0v) is 11.9. The Bertz CT molecular complexity index is 481. The first-order valence-corrected chi connectivity index (χ1v) is 7.15. The van der Waals surface area contributed by atoms with E-state index in [4.69, 9.17) is 0 Å². The van der Waals surface area contributed by atoms with E-state index in [0.717, 1.165) is 17.2 Å². The van der Waals surface area contributed by atoms with E-state index in [1.807, 2.05) is 19.3 Å². The highest BCUT2D eigenvalue weighted by atomic mass is 32.1. The first-order valence-electron chi connectivity index (χ1n) is 6.27. The lowest BCUT2D eigenvalue weighted by Crippen LogP contribution is -2.26. The molecule has 3 nitrogen and oxygen atoms in total. The highest BCUT2D eigenvalue weighted by Crippen LogP contribution is 2.30. The van der Waals surface area contributed by atoms with Gasteiger partial charge in [-0.1, -0.05) is 13.8 Å². The monoisotopic (exact) mass is 261 g/mol. The topological polar surface area (TPSA) is 37.8 Å². The largest absolute Gasteiger partial charge is 0.308 e. The Kier molecular flexibility index (Phi) is 4.44. The Labute approximate surface area is 112 Å². The SMILES string of the molecule is CCNC(c1csc(C)n1)C(C)c1ccncc1. The average Bonchev–Trinajstić information content (AvgIpc) is 2.82. The average molecular weight is 261 g/mol. The summed E-state index contributed by atoms with van der Waals surface area (Å²) in [7, 11) is 0. The van der Waals surface area contributed by atoms with Crippen molar-refractivity contribution in [1.82, 2.24) is 15.3 Å². The molecule has 2 aromatic heterocycles. The van der Waals surface area contributed by atoms with E-state index in [2.05, 4.69) is 46.6 Å². The molecule has 2 rings (SSSR count). The van der Waals surface area contributed by atoms with Gasteiger partial charge in [-0.25, -0.2) is 4.98 Å². The molecule has 0 radical (unpaired) electrons. The van der Waals surface area contributed by atoms with Crippen LogP contribution >= 0.6 is 11.3 Å². The maximum Gasteiger partial charge on any atom is 0.0898 e. The molecule has 0 saturated carbocycles. The minimum atomic E-state index is 0.266. The van der Waals surface area contributed by atoms with Crippen molar-refractivity contribution in [1.29, 1.82) is 0 Å². The van der Waals surface area contributed by atoms with Crippen LogP contribution in [0, 0.1) is 6.92 Å². The van der Waals surface area contributed by atoms with Gasteiger partial charge in [0.05, 0.1) is 16.7 Å². The second-order valence-electron chi connectivity index (χ2n) is 4.40. The number of pyridine rings is 1. The Morgan fingerprint density at radius 2 is 2.06 bits per heavy atom. The van der Waals surface area contributed by atoms with Crippen molar-refractivity contribution < 1.29 is 0 Å². The number of likely N-dealkylation sites (N-methyl/N-ethyl adjacent to an activating group) is 1. The van der Waals surface area contributed by atoms with Crippen molar-refractivity contribution in [2.45, 2.75) is 32.7 Å². The van der Waals surface area contributed by atoms with E-state index in [9.17, 15) is 0 Å². The standard InChI is InChI=1S/C14H19N3S/c1-4-16-14(13-9-18-11(3)17-13)10(2)12-5-7-15-8-6-12/h5-10,14,16H,4H2,1-3H3. The Morgan fingerprint density at radius 1 is 1.33 bits per heavy atom. The van der Waals surface area contributed by atoms with E-state index in [1.54, 1.807) is 11.3 Å². The van der Waals surface area contributed by atoms with Crippen LogP contribution in [0.1, 0.15) is 42.1 Å². The summed E-state index contributed by atoms with van der Waals surface area (Å²) in [4.78, 5) is 8.69. The smallest absolute Gasteiger partial charge is 0.0898 e. The van der Waals surface area contributed by atoms with Crippen molar-refractivity contribution in [2.75, 3.05) is 6.54 Å². The molecule has 4 heteroatoms. The van der Waals surface area contributed by atoms with Crippen LogP contribution < -0.4 is 5.32 Å². The molecule has 0 aromatic carbocycles. The van der Waals surface area contributed by atoms with Gasteiger partial charge in [-0.3, -0.25) is 4.98 Å². The highest BCUT2D eigenvalue weighted by molar-refractivity contribution is 7.09. The van der Waals surface area contributed by atoms with E-state index in [1.165, 1.54) is 5.56 Å². The first-order chi connectivity index (χ1) is 8.72. The van der Waals surface area contributed by atoms with Gasteiger partial charge < -0.3 is 5.32 Å². The summed E-state index contributed by atoms with van der Waals surface area (Å²) in [6.45, 7) is 7.35. The van der Waals surface area contributed by atoms with Crippen LogP contribution in [0.3, 0.4) is 0 Å². The minimum absolute atomic E-state index is 0.266. The molecule has 18 heavy (non-hydrogen) atoms. The van der Waals surface area contributed by atoms with Crippen LogP contribution in [0.15, 0.2) is 29.9 Å². The predicted octanol–water partition coefficient (Wildman–Crippen LogP) is 3.30. The van der Waals surface area contributed by atoms with E-state index < -0.39 is 0 Å². The fourth-order valence-corrected chi connectivity index (χ4v) is 2.79. The van der Waals surface area contributed by atoms with E-state index in [0.29, 0.717) is 5.92 Å². The van der Waals surface area contributed by atoms with Crippen LogP contribution in [-0.2, 0) is 0 Å². The number of aryl methyl sites for hydroxylation is 1. The molecule has 0 fully saturated rings. The molecule has 0 amide bonds. The lowest BCUT2D eigenvalue weighted by atomic mass is 9.92. The Morgan fingerprint density at radius 3 is 2.61 bits per heavy atom. The third-order valence-electron chi connectivity index (χ3n) is 3.11. The third-order valence-corrected chi connectivity index (χ3v) is 3.90. The van der Waals surface area contributed by atoms with Crippen molar-refractivity contribution in [3.8, 4) is 0 Å². The fourth-order valence-electron chi connectivity index (χ4n) is 2.14. The number of aromatic nitrogens is 2. The second-order valence-corrected chi connectivity index (χ2v) is 5.46. The number of nitrogens with one attached hydrogen (secondary N) is 1. The normalized spacial score (nSPS) is 14.4. The van der Waals surface area contributed by atoms with Crippen LogP contribution in [0.4, 0.5) is 0 Å². The summed E-state index contributed by atoms with van der Waals surface area (Å²) in [5.41, 5.74) is 2.44. The summed E-state index contributed by atoms with van der Waals surface area (Å²) in [6.07, 6.45) is 3.70. The number of nitrogens with zero attached hydrogens (tertiary/aromatic N) is 2. The van der Waals surface area contributed by atoms with Crippen LogP contribution in [-0.4, -0.2) is 16.5 Å². The molecule has 2 heterocycles. The van der Waals surface area contributed by atoms with Crippen LogP contribution in [0.2, 0.25) is 0 Å². The first kappa shape index (κ1) is 13.2. The lowest BCUT2D eigenvalue weighted by Gasteiger charge is -2.23. The third kappa shape index (κ3) is 2.94. The molecule has 2 atom stereocenters. The minimum Gasteiger partial charge on any atom is -0.308 e. The van der Waals surface area contributed by atoms with Gasteiger partial charge in [0.15, 0.2) is 0 Å². The number of hydrogen-bond donors (Lipinski definition) is 1. The van der Waals surface area contributed by atoms with Gasteiger partial charge in [0.25, 0.3) is 0 Å². The zero-order valence-electron chi connectivity index (χ0n) is 11.1. The van der Waals surface area contributed by atoms with Crippen LogP contribution in [0.25, 0.3) is 0 Å². The van der Waals surface area contributed by atoms with Gasteiger partial charge in [0.1, 0.15) is 0 Å². The molecule has 0 saturated heterocycles. The molecule has 0 spiro atoms. The maximum atomic E-state index is 4.62. The summed E-state index contributed by atoms with van der Waals surface area (Å²) >= 11 is 1.71. The number of thiazole rings is 1. The Hall–Kier alpha value is -1.26. The Balaban J connectivity index is 2.25. The van der Waals surface area contributed by atoms with Crippen molar-refractivity contribution in [3.05, 3.63) is 46.2 Å². The van der Waals surface area contributed by atoms with Crippen molar-refractivity contribution in [3.63, 3.8) is 0 Å². The van der Waals surface area contributed by atoms with Crippen molar-refractivity contribution >= 4 is 11.3 Å². The van der Waals surface area contributed by atoms with Gasteiger partial charge >= 0.3 is 0 Å². The lowest BCUT2D eigenvalue weighted by molar-refractivity contribution is 0.470. The molecule has 96 valence electrons. The summed E-state index contributed by atoms with van der Waals surface area (Å²) < 4.78 is 0. The second kappa shape index (κ2) is 6.07. The van der Waals surface area contributed by atoms with Gasteiger partial charge in [-0.2, -0.15) is 0 Å². The molecule has 0 aliphatic rings. The molecule has 0 aliphatic carbocycles. The summed E-state index contributed by atoms with van der Waals surface area (Å²) in [6, 6.07) is 4.42. The van der Waals surface area contributed by atoms with Crippen LogP contribution in [0.5, 0.6) is 0 Å². The zero-order chi connectivity index (χ0) is 13.0. The van der Waals surface area contributed by atoms with Gasteiger partial charge in [0, 0.05) is 23.7 Å². The molecule has 1 N–H and O–H groups in total. The molecule has 2 aromatic rings. The highest BCUT2D eigenvalue weighted by Gasteiger charge is 2.21. The van der Waals surface area contributed by atoms with Gasteiger partial charge in [-0.15, -0.1) is 11.3 Å². The fraction of sp³-hybridized carbons (Fsp3) is 0.429. The summed E-state index contributed by atoms with van der Waals surface area (Å²) in [5, 5.41) is 6.81. The number of rotatable bonds is 5. The van der Waals surface area contributed by atoms with Gasteiger partial charge in [-0.05, 0) is 31.2 Å². The van der Waals surface area contributed by atoms with Crippen molar-refractivity contribution in [2.24, 2.45) is 0 Å².